The Morgan fingerprint density at radius 1 is 1.11 bits per heavy atom. The molecule has 3 aromatic rings. The maximum atomic E-state index is 13.7. The molecule has 0 saturated heterocycles. The van der Waals surface area contributed by atoms with Crippen LogP contribution in [0.15, 0.2) is 76.1 Å². The first kappa shape index (κ1) is 27.4. The molecule has 194 valence electrons. The lowest BCUT2D eigenvalue weighted by Gasteiger charge is -2.34. The van der Waals surface area contributed by atoms with E-state index in [1.807, 2.05) is 0 Å². The average molecular weight is 628 g/mol. The van der Waals surface area contributed by atoms with Crippen molar-refractivity contribution in [1.29, 1.82) is 0 Å². The molecule has 4 rings (SSSR count). The van der Waals surface area contributed by atoms with Crippen LogP contribution in [0.4, 0.5) is 5.69 Å². The predicted molar refractivity (Wildman–Crippen MR) is 143 cm³/mol. The number of hydrogen-bond donors (Lipinski definition) is 0. The highest BCUT2D eigenvalue weighted by Crippen LogP contribution is 2.34. The average Bonchev–Trinajstić information content (AvgIpc) is 2.88. The lowest BCUT2D eigenvalue weighted by atomic mass is 10.1. The van der Waals surface area contributed by atoms with E-state index >= 15 is 0 Å². The Morgan fingerprint density at radius 3 is 2.49 bits per heavy atom. The summed E-state index contributed by atoms with van der Waals surface area (Å²) in [5.74, 6) is -0.907. The highest BCUT2D eigenvalue weighted by Gasteiger charge is 2.36. The van der Waals surface area contributed by atoms with E-state index in [1.54, 1.807) is 48.5 Å². The van der Waals surface area contributed by atoms with Crippen LogP contribution in [0.25, 0.3) is 0 Å². The Bertz CT molecular complexity index is 1440. The summed E-state index contributed by atoms with van der Waals surface area (Å²) in [5.41, 5.74) is 0.882. The van der Waals surface area contributed by atoms with E-state index in [2.05, 4.69) is 15.9 Å². The number of amides is 1. The van der Waals surface area contributed by atoms with Gasteiger partial charge in [0, 0.05) is 21.1 Å². The predicted octanol–water partition coefficient (Wildman–Crippen LogP) is 4.91. The van der Waals surface area contributed by atoms with Crippen LogP contribution in [0, 0.1) is 0 Å². The number of fused-ring (bicyclic) bond motifs is 1. The molecule has 0 unspecified atom stereocenters. The van der Waals surface area contributed by atoms with Crippen molar-refractivity contribution in [2.24, 2.45) is 0 Å². The zero-order chi connectivity index (χ0) is 26.7. The first-order valence-corrected chi connectivity index (χ1v) is 13.9. The van der Waals surface area contributed by atoms with Gasteiger partial charge in [-0.05, 0) is 54.1 Å². The van der Waals surface area contributed by atoms with Gasteiger partial charge < -0.3 is 14.4 Å². The van der Waals surface area contributed by atoms with Crippen molar-refractivity contribution in [2.45, 2.75) is 17.5 Å². The van der Waals surface area contributed by atoms with Crippen LogP contribution in [0.1, 0.15) is 5.56 Å². The van der Waals surface area contributed by atoms with Gasteiger partial charge in [-0.25, -0.2) is 13.2 Å². The SMILES string of the molecule is COC(=O)[C@H]1CN(C(=O)CN(Cc2ccc(Cl)cc2Cl)S(=O)(=O)c2ccc(Br)cc2)c2ccccc2O1. The number of halogens is 3. The molecule has 0 radical (unpaired) electrons. The lowest BCUT2D eigenvalue weighted by Crippen LogP contribution is -2.50. The number of carbonyl (C=O) groups is 2. The molecule has 0 aliphatic carbocycles. The van der Waals surface area contributed by atoms with Crippen LogP contribution < -0.4 is 9.64 Å². The fourth-order valence-corrected chi connectivity index (χ4v) is 5.88. The summed E-state index contributed by atoms with van der Waals surface area (Å²) in [6.07, 6.45) is -1.06. The summed E-state index contributed by atoms with van der Waals surface area (Å²) >= 11 is 15.6. The molecule has 3 aromatic carbocycles. The number of hydrogen-bond acceptors (Lipinski definition) is 6. The van der Waals surface area contributed by atoms with Gasteiger partial charge in [0.1, 0.15) is 5.75 Å². The number of ether oxygens (including phenoxy) is 2. The molecule has 1 aliphatic heterocycles. The van der Waals surface area contributed by atoms with Crippen molar-refractivity contribution in [1.82, 2.24) is 4.31 Å². The van der Waals surface area contributed by atoms with Crippen molar-refractivity contribution in [3.8, 4) is 5.75 Å². The van der Waals surface area contributed by atoms with Gasteiger partial charge >= 0.3 is 5.97 Å². The number of methoxy groups -OCH3 is 1. The fourth-order valence-electron chi connectivity index (χ4n) is 3.78. The Hall–Kier alpha value is -2.63. The molecule has 12 heteroatoms. The van der Waals surface area contributed by atoms with Gasteiger partial charge in [0.05, 0.1) is 30.8 Å². The third-order valence-electron chi connectivity index (χ3n) is 5.66. The number of esters is 1. The van der Waals surface area contributed by atoms with E-state index in [1.165, 1.54) is 30.2 Å². The van der Waals surface area contributed by atoms with E-state index in [-0.39, 0.29) is 23.0 Å². The number of anilines is 1. The van der Waals surface area contributed by atoms with Crippen LogP contribution in [0.3, 0.4) is 0 Å². The van der Waals surface area contributed by atoms with Crippen molar-refractivity contribution in [2.75, 3.05) is 25.1 Å². The fraction of sp³-hybridized carbons (Fsp3) is 0.200. The van der Waals surface area contributed by atoms with Crippen molar-refractivity contribution in [3.05, 3.63) is 86.8 Å². The van der Waals surface area contributed by atoms with Crippen LogP contribution >= 0.6 is 39.1 Å². The summed E-state index contributed by atoms with van der Waals surface area (Å²) in [6, 6.07) is 17.5. The maximum Gasteiger partial charge on any atom is 0.348 e. The first-order valence-electron chi connectivity index (χ1n) is 10.9. The second-order valence-electron chi connectivity index (χ2n) is 8.06. The van der Waals surface area contributed by atoms with E-state index in [0.717, 1.165) is 4.31 Å². The first-order chi connectivity index (χ1) is 17.6. The summed E-state index contributed by atoms with van der Waals surface area (Å²) in [7, 11) is -2.92. The second-order valence-corrected chi connectivity index (χ2v) is 11.8. The Morgan fingerprint density at radius 2 is 1.81 bits per heavy atom. The number of benzene rings is 3. The number of nitrogens with zero attached hydrogens (tertiary/aromatic N) is 2. The topological polar surface area (TPSA) is 93.2 Å². The van der Waals surface area contributed by atoms with Gasteiger partial charge in [-0.3, -0.25) is 4.79 Å². The molecule has 0 spiro atoms. The largest absolute Gasteiger partial charge is 0.475 e. The molecular formula is C25H21BrCl2N2O6S. The maximum absolute atomic E-state index is 13.7. The van der Waals surface area contributed by atoms with Crippen molar-refractivity contribution < 1.29 is 27.5 Å². The molecule has 0 bridgehead atoms. The third kappa shape index (κ3) is 6.10. The molecular weight excluding hydrogens is 607 g/mol. The minimum absolute atomic E-state index is 0.00315. The molecule has 0 fully saturated rings. The number of sulfonamides is 1. The van der Waals surface area contributed by atoms with Crippen LogP contribution in [0.5, 0.6) is 5.75 Å². The van der Waals surface area contributed by atoms with E-state index < -0.39 is 34.5 Å². The molecule has 1 heterocycles. The second kappa shape index (κ2) is 11.4. The molecule has 8 nitrogen and oxygen atoms in total. The number of carbonyl (C=O) groups excluding carboxylic acids is 2. The van der Waals surface area contributed by atoms with Gasteiger partial charge in [-0.1, -0.05) is 57.3 Å². The zero-order valence-corrected chi connectivity index (χ0v) is 23.3. The lowest BCUT2D eigenvalue weighted by molar-refractivity contribution is -0.148. The standard InChI is InChI=1S/C25H21BrCl2N2O6S/c1-35-25(32)23-14-30(21-4-2-3-5-22(21)36-23)24(31)15-29(13-16-6-9-18(27)12-20(16)28)37(33,34)19-10-7-17(26)8-11-19/h2-12,23H,13-15H2,1H3/t23-/m1/s1. The van der Waals surface area contributed by atoms with Gasteiger partial charge in [0.15, 0.2) is 0 Å². The Kier molecular flexibility index (Phi) is 8.45. The summed E-state index contributed by atoms with van der Waals surface area (Å²) in [6.45, 7) is -0.859. The van der Waals surface area contributed by atoms with Gasteiger partial charge in [0.25, 0.3) is 0 Å². The van der Waals surface area contributed by atoms with E-state index in [4.69, 9.17) is 32.7 Å². The van der Waals surface area contributed by atoms with Gasteiger partial charge in [0.2, 0.25) is 22.0 Å². The summed E-state index contributed by atoms with van der Waals surface area (Å²) < 4.78 is 39.6. The highest BCUT2D eigenvalue weighted by molar-refractivity contribution is 9.10. The molecule has 1 atom stereocenters. The quantitative estimate of drug-likeness (QED) is 0.346. The Labute approximate surface area is 232 Å². The normalized spacial score (nSPS) is 15.2. The van der Waals surface area contributed by atoms with Crippen LogP contribution in [-0.4, -0.2) is 50.9 Å². The Balaban J connectivity index is 1.70. The molecule has 0 N–H and O–H groups in total. The monoisotopic (exact) mass is 626 g/mol. The van der Waals surface area contributed by atoms with Crippen molar-refractivity contribution >= 4 is 66.7 Å². The third-order valence-corrected chi connectivity index (χ3v) is 8.59. The van der Waals surface area contributed by atoms with E-state index in [0.29, 0.717) is 26.5 Å². The van der Waals surface area contributed by atoms with Gasteiger partial charge in [-0.15, -0.1) is 0 Å². The summed E-state index contributed by atoms with van der Waals surface area (Å²) in [4.78, 5) is 27.2. The van der Waals surface area contributed by atoms with Crippen LogP contribution in [0.2, 0.25) is 10.0 Å². The number of rotatable bonds is 7. The molecule has 1 amide bonds. The zero-order valence-electron chi connectivity index (χ0n) is 19.4. The smallest absolute Gasteiger partial charge is 0.348 e. The molecule has 0 aromatic heterocycles. The molecule has 1 aliphatic rings. The van der Waals surface area contributed by atoms with Gasteiger partial charge in [-0.2, -0.15) is 4.31 Å². The molecule has 0 saturated carbocycles. The number of para-hydroxylation sites is 2. The minimum atomic E-state index is -4.14. The summed E-state index contributed by atoms with van der Waals surface area (Å²) in [5, 5.41) is 0.657. The van der Waals surface area contributed by atoms with Crippen molar-refractivity contribution in [3.63, 3.8) is 0 Å². The highest BCUT2D eigenvalue weighted by atomic mass is 79.9. The minimum Gasteiger partial charge on any atom is -0.475 e. The van der Waals surface area contributed by atoms with Crippen LogP contribution in [-0.2, 0) is 30.9 Å². The molecule has 37 heavy (non-hydrogen) atoms. The van der Waals surface area contributed by atoms with E-state index in [9.17, 15) is 18.0 Å².